The maximum Gasteiger partial charge on any atom is 0.339 e. The van der Waals surface area contributed by atoms with Crippen molar-refractivity contribution in [1.82, 2.24) is 9.88 Å². The molecule has 0 radical (unpaired) electrons. The van der Waals surface area contributed by atoms with Crippen LogP contribution in [-0.2, 0) is 16.0 Å². The summed E-state index contributed by atoms with van der Waals surface area (Å²) in [4.78, 5) is 32.3. The summed E-state index contributed by atoms with van der Waals surface area (Å²) in [7, 11) is 0. The standard InChI is InChI=1S/C23H22N2O3S/c1-23(14-16-6-2-3-7-17(16)21(26)28-23)22(27)25-12-10-15(11-13-25)20-24-18-8-4-5-9-19(18)29-20/h2-9,15H,10-14H2,1H3. The Morgan fingerprint density at radius 1 is 1.14 bits per heavy atom. The summed E-state index contributed by atoms with van der Waals surface area (Å²) in [6.45, 7) is 3.06. The lowest BCUT2D eigenvalue weighted by Crippen LogP contribution is -2.54. The van der Waals surface area contributed by atoms with Crippen molar-refractivity contribution in [3.63, 3.8) is 0 Å². The number of nitrogens with zero attached hydrogens (tertiary/aromatic N) is 2. The Balaban J connectivity index is 1.29. The molecule has 1 aromatic heterocycles. The van der Waals surface area contributed by atoms with Crippen LogP contribution in [0.25, 0.3) is 10.2 Å². The molecule has 0 bridgehead atoms. The SMILES string of the molecule is CC1(C(=O)N2CCC(c3nc4ccccc4s3)CC2)Cc2ccccc2C(=O)O1. The first-order valence-electron chi connectivity index (χ1n) is 9.99. The molecular weight excluding hydrogens is 384 g/mol. The molecule has 1 atom stereocenters. The van der Waals surface area contributed by atoms with Crippen LogP contribution in [0.1, 0.15) is 46.6 Å². The Hall–Kier alpha value is -2.73. The van der Waals surface area contributed by atoms with E-state index in [9.17, 15) is 9.59 Å². The zero-order valence-corrected chi connectivity index (χ0v) is 17.1. The molecule has 0 aliphatic carbocycles. The largest absolute Gasteiger partial charge is 0.445 e. The fraction of sp³-hybridized carbons (Fsp3) is 0.348. The highest BCUT2D eigenvalue weighted by Crippen LogP contribution is 2.36. The second kappa shape index (κ2) is 6.95. The lowest BCUT2D eigenvalue weighted by Gasteiger charge is -2.39. The molecule has 29 heavy (non-hydrogen) atoms. The van der Waals surface area contributed by atoms with Gasteiger partial charge in [-0.15, -0.1) is 11.3 Å². The van der Waals surface area contributed by atoms with Gasteiger partial charge in [-0.2, -0.15) is 0 Å². The molecule has 0 saturated carbocycles. The molecule has 5 nitrogen and oxygen atoms in total. The average Bonchev–Trinajstić information content (AvgIpc) is 3.17. The zero-order chi connectivity index (χ0) is 20.0. The molecule has 2 aliphatic heterocycles. The maximum atomic E-state index is 13.3. The Bertz CT molecular complexity index is 1070. The summed E-state index contributed by atoms with van der Waals surface area (Å²) < 4.78 is 6.84. The number of carbonyl (C=O) groups excluding carboxylic acids is 2. The average molecular weight is 407 g/mol. The molecule has 3 heterocycles. The van der Waals surface area contributed by atoms with Crippen molar-refractivity contribution in [1.29, 1.82) is 0 Å². The van der Waals surface area contributed by atoms with E-state index in [2.05, 4.69) is 6.07 Å². The Kier molecular flexibility index (Phi) is 4.39. The first-order valence-corrected chi connectivity index (χ1v) is 10.8. The van der Waals surface area contributed by atoms with Gasteiger partial charge in [0.15, 0.2) is 5.60 Å². The smallest absolute Gasteiger partial charge is 0.339 e. The van der Waals surface area contributed by atoms with E-state index in [1.165, 1.54) is 4.70 Å². The van der Waals surface area contributed by atoms with Crippen LogP contribution in [-0.4, -0.2) is 40.5 Å². The van der Waals surface area contributed by atoms with Crippen LogP contribution in [0.4, 0.5) is 0 Å². The quantitative estimate of drug-likeness (QED) is 0.599. The van der Waals surface area contributed by atoms with Crippen molar-refractivity contribution in [2.75, 3.05) is 13.1 Å². The first kappa shape index (κ1) is 18.3. The van der Waals surface area contributed by atoms with Crippen molar-refractivity contribution in [2.24, 2.45) is 0 Å². The monoisotopic (exact) mass is 406 g/mol. The van der Waals surface area contributed by atoms with Gasteiger partial charge in [0.2, 0.25) is 0 Å². The van der Waals surface area contributed by atoms with Gasteiger partial charge in [-0.25, -0.2) is 9.78 Å². The second-order valence-electron chi connectivity index (χ2n) is 8.04. The van der Waals surface area contributed by atoms with E-state index < -0.39 is 11.6 Å². The van der Waals surface area contributed by atoms with E-state index in [4.69, 9.17) is 9.72 Å². The van der Waals surface area contributed by atoms with E-state index in [0.29, 0.717) is 31.0 Å². The van der Waals surface area contributed by atoms with Crippen LogP contribution in [0.3, 0.4) is 0 Å². The zero-order valence-electron chi connectivity index (χ0n) is 16.3. The van der Waals surface area contributed by atoms with Gasteiger partial charge >= 0.3 is 5.97 Å². The molecule has 5 rings (SSSR count). The van der Waals surface area contributed by atoms with E-state index >= 15 is 0 Å². The normalized spacial score (nSPS) is 22.4. The minimum atomic E-state index is -1.13. The fourth-order valence-corrected chi connectivity index (χ4v) is 5.52. The number of thiazole rings is 1. The number of hydrogen-bond donors (Lipinski definition) is 0. The van der Waals surface area contributed by atoms with Crippen molar-refractivity contribution >= 4 is 33.4 Å². The number of piperidine rings is 1. The number of benzene rings is 2. The van der Waals surface area contributed by atoms with Crippen molar-refractivity contribution in [3.05, 3.63) is 64.7 Å². The minimum absolute atomic E-state index is 0.0943. The van der Waals surface area contributed by atoms with Gasteiger partial charge in [0.05, 0.1) is 20.8 Å². The third-order valence-corrected chi connectivity index (χ3v) is 7.18. The highest BCUT2D eigenvalue weighted by molar-refractivity contribution is 7.18. The number of aromatic nitrogens is 1. The predicted octanol–water partition coefficient (Wildman–Crippen LogP) is 4.17. The van der Waals surface area contributed by atoms with Crippen LogP contribution >= 0.6 is 11.3 Å². The number of ether oxygens (including phenoxy) is 1. The number of hydrogen-bond acceptors (Lipinski definition) is 5. The van der Waals surface area contributed by atoms with Crippen LogP contribution in [0.2, 0.25) is 0 Å². The molecule has 2 aromatic carbocycles. The molecule has 0 spiro atoms. The fourth-order valence-electron chi connectivity index (χ4n) is 4.38. The van der Waals surface area contributed by atoms with Crippen molar-refractivity contribution < 1.29 is 14.3 Å². The van der Waals surface area contributed by atoms with E-state index in [1.807, 2.05) is 41.3 Å². The van der Waals surface area contributed by atoms with Gasteiger partial charge in [-0.3, -0.25) is 4.79 Å². The molecule has 0 N–H and O–H groups in total. The van der Waals surface area contributed by atoms with Gasteiger partial charge in [-0.1, -0.05) is 30.3 Å². The van der Waals surface area contributed by atoms with Crippen LogP contribution in [0, 0.1) is 0 Å². The molecule has 1 unspecified atom stereocenters. The highest BCUT2D eigenvalue weighted by atomic mass is 32.1. The summed E-state index contributed by atoms with van der Waals surface area (Å²) in [5.41, 5.74) is 1.36. The molecule has 1 saturated heterocycles. The third-order valence-electron chi connectivity index (χ3n) is 5.98. The van der Waals surface area contributed by atoms with E-state index in [0.717, 1.165) is 28.9 Å². The van der Waals surface area contributed by atoms with Crippen LogP contribution in [0.5, 0.6) is 0 Å². The number of likely N-dealkylation sites (tertiary alicyclic amines) is 1. The number of fused-ring (bicyclic) bond motifs is 2. The van der Waals surface area contributed by atoms with Gasteiger partial charge in [0.25, 0.3) is 5.91 Å². The number of carbonyl (C=O) groups is 2. The Labute approximate surface area is 173 Å². The lowest BCUT2D eigenvalue weighted by molar-refractivity contribution is -0.152. The van der Waals surface area contributed by atoms with Crippen molar-refractivity contribution in [2.45, 2.75) is 37.7 Å². The number of rotatable bonds is 2. The number of amides is 1. The van der Waals surface area contributed by atoms with Crippen LogP contribution < -0.4 is 0 Å². The second-order valence-corrected chi connectivity index (χ2v) is 9.10. The molecule has 2 aliphatic rings. The first-order chi connectivity index (χ1) is 14.0. The number of para-hydroxylation sites is 1. The summed E-state index contributed by atoms with van der Waals surface area (Å²) >= 11 is 1.75. The van der Waals surface area contributed by atoms with Gasteiger partial charge in [0.1, 0.15) is 0 Å². The molecule has 3 aromatic rings. The maximum absolute atomic E-state index is 13.3. The van der Waals surface area contributed by atoms with Gasteiger partial charge in [-0.05, 0) is 43.5 Å². The van der Waals surface area contributed by atoms with E-state index in [1.54, 1.807) is 24.3 Å². The molecule has 1 fully saturated rings. The van der Waals surface area contributed by atoms with Crippen molar-refractivity contribution in [3.8, 4) is 0 Å². The lowest BCUT2D eigenvalue weighted by atomic mass is 9.88. The summed E-state index contributed by atoms with van der Waals surface area (Å²) in [5.74, 6) is -0.131. The molecule has 148 valence electrons. The minimum Gasteiger partial charge on any atom is -0.445 e. The predicted molar refractivity (Wildman–Crippen MR) is 112 cm³/mol. The van der Waals surface area contributed by atoms with Gasteiger partial charge < -0.3 is 9.64 Å². The highest BCUT2D eigenvalue weighted by Gasteiger charge is 2.45. The number of cyclic esters (lactones) is 1. The Morgan fingerprint density at radius 3 is 2.66 bits per heavy atom. The third kappa shape index (κ3) is 3.21. The number of esters is 1. The molecule has 1 amide bonds. The molecule has 6 heteroatoms. The Morgan fingerprint density at radius 2 is 1.86 bits per heavy atom. The topological polar surface area (TPSA) is 59.5 Å². The summed E-state index contributed by atoms with van der Waals surface area (Å²) in [6, 6.07) is 15.6. The van der Waals surface area contributed by atoms with Crippen LogP contribution in [0.15, 0.2) is 48.5 Å². The van der Waals surface area contributed by atoms with Gasteiger partial charge in [0, 0.05) is 25.4 Å². The van der Waals surface area contributed by atoms with E-state index in [-0.39, 0.29) is 5.91 Å². The summed E-state index contributed by atoms with van der Waals surface area (Å²) in [5, 5.41) is 1.16. The molecular formula is C23H22N2O3S. The summed E-state index contributed by atoms with van der Waals surface area (Å²) in [6.07, 6.45) is 2.18.